The molecule has 2 aromatic carbocycles. The molecule has 4 atom stereocenters. The molecule has 0 radical (unpaired) electrons. The third-order valence-electron chi connectivity index (χ3n) is 6.34. The van der Waals surface area contributed by atoms with Crippen molar-refractivity contribution in [3.05, 3.63) is 60.2 Å². The molecule has 1 spiro atoms. The summed E-state index contributed by atoms with van der Waals surface area (Å²) in [6.07, 6.45) is -1.45. The number of ether oxygens (including phenoxy) is 2. The number of aliphatic hydroxyl groups is 3. The second-order valence-corrected chi connectivity index (χ2v) is 8.31. The Morgan fingerprint density at radius 2 is 1.88 bits per heavy atom. The molecule has 12 heteroatoms. The molecule has 0 aliphatic carbocycles. The molecule has 9 N–H and O–H groups in total. The van der Waals surface area contributed by atoms with Crippen molar-refractivity contribution < 1.29 is 34.6 Å². The number of hydrogen-bond acceptors (Lipinski definition) is 11. The number of rotatable bonds is 5. The van der Waals surface area contributed by atoms with Crippen molar-refractivity contribution in [2.45, 2.75) is 29.6 Å². The Hall–Kier alpha value is -3.87. The van der Waals surface area contributed by atoms with E-state index in [0.29, 0.717) is 5.75 Å². The molecular weight excluding hydrogens is 444 g/mol. The number of carbonyl (C=O) groups excluding carboxylic acids is 1. The van der Waals surface area contributed by atoms with Crippen LogP contribution in [0.1, 0.15) is 10.4 Å². The highest BCUT2D eigenvalue weighted by Gasteiger charge is 2.77. The summed E-state index contributed by atoms with van der Waals surface area (Å²) in [5.41, 5.74) is 10.4. The van der Waals surface area contributed by atoms with Gasteiger partial charge in [-0.1, -0.05) is 30.3 Å². The van der Waals surface area contributed by atoms with E-state index in [2.05, 4.69) is 15.3 Å². The smallest absolute Gasteiger partial charge is 0.343 e. The maximum absolute atomic E-state index is 13.2. The van der Waals surface area contributed by atoms with Gasteiger partial charge in [0.15, 0.2) is 18.1 Å². The van der Waals surface area contributed by atoms with Crippen LogP contribution in [0.2, 0.25) is 0 Å². The standard InChI is InChI=1S/C22H24N6O6/c23-19-26-17-14(11-29)25-20(24)28-10-16(22(31,32)21(17,28)27-19)34-18(30)13-8-4-5-9-15(13)33-12-6-2-1-3-7-12/h1-9,14,16-17,29,31-32H,10-11H2,(H2,24,25)(H3,23,26,27)/p+1/t14-,16-,17-,21-/m0/s1. The summed E-state index contributed by atoms with van der Waals surface area (Å²) in [4.78, 5) is 21.6. The molecule has 178 valence electrons. The van der Waals surface area contributed by atoms with Crippen LogP contribution in [-0.4, -0.2) is 80.9 Å². The predicted octanol–water partition coefficient (Wildman–Crippen LogP) is -3.25. The van der Waals surface area contributed by atoms with E-state index < -0.39 is 42.2 Å². The van der Waals surface area contributed by atoms with Gasteiger partial charge >= 0.3 is 11.9 Å². The molecule has 1 fully saturated rings. The van der Waals surface area contributed by atoms with E-state index in [4.69, 9.17) is 20.9 Å². The number of aliphatic hydroxyl groups excluding tert-OH is 1. The minimum absolute atomic E-state index is 0.0411. The summed E-state index contributed by atoms with van der Waals surface area (Å²) in [5.74, 6) is -2.74. The number of esters is 1. The van der Waals surface area contributed by atoms with E-state index in [0.717, 1.165) is 0 Å². The second-order valence-electron chi connectivity index (χ2n) is 8.31. The Bertz CT molecular complexity index is 1170. The number of guanidine groups is 2. The fourth-order valence-electron chi connectivity index (χ4n) is 4.79. The van der Waals surface area contributed by atoms with Gasteiger partial charge in [-0.15, -0.1) is 0 Å². The van der Waals surface area contributed by atoms with Crippen molar-refractivity contribution in [2.24, 2.45) is 16.5 Å². The zero-order chi connectivity index (χ0) is 24.1. The first-order chi connectivity index (χ1) is 16.3. The zero-order valence-corrected chi connectivity index (χ0v) is 18.0. The quantitative estimate of drug-likeness (QED) is 0.173. The summed E-state index contributed by atoms with van der Waals surface area (Å²) in [5, 5.41) is 35.2. The van der Waals surface area contributed by atoms with Crippen LogP contribution in [0.5, 0.6) is 11.5 Å². The van der Waals surface area contributed by atoms with E-state index in [1.807, 2.05) is 6.07 Å². The SMILES string of the molecule is NC1=N[C@@H](CO)[C@@H]2[NH+]=C(N)N[C@]23N1C[C@H](OC(=O)c1ccccc1Oc1ccccc1)C3(O)O. The normalized spacial score (nSPS) is 28.8. The van der Waals surface area contributed by atoms with Gasteiger partial charge in [-0.05, 0) is 24.3 Å². The van der Waals surface area contributed by atoms with Gasteiger partial charge in [0, 0.05) is 0 Å². The minimum Gasteiger partial charge on any atom is -0.456 e. The number of nitrogens with one attached hydrogen (secondary N) is 2. The first-order valence-corrected chi connectivity index (χ1v) is 10.6. The molecule has 0 unspecified atom stereocenters. The first-order valence-electron chi connectivity index (χ1n) is 10.6. The van der Waals surface area contributed by atoms with Gasteiger partial charge in [-0.25, -0.2) is 15.1 Å². The predicted molar refractivity (Wildman–Crippen MR) is 118 cm³/mol. The molecule has 0 bridgehead atoms. The Morgan fingerprint density at radius 1 is 1.18 bits per heavy atom. The Kier molecular flexibility index (Phi) is 5.08. The number of aliphatic imine (C=N–C) groups is 1. The average molecular weight is 469 g/mol. The van der Waals surface area contributed by atoms with Gasteiger partial charge in [0.2, 0.25) is 0 Å². The van der Waals surface area contributed by atoms with Gasteiger partial charge in [0.05, 0.1) is 13.2 Å². The van der Waals surface area contributed by atoms with Crippen molar-refractivity contribution in [1.82, 2.24) is 10.2 Å². The van der Waals surface area contributed by atoms with Crippen LogP contribution in [0.3, 0.4) is 0 Å². The van der Waals surface area contributed by atoms with Crippen LogP contribution in [0, 0.1) is 0 Å². The Labute approximate surface area is 194 Å². The van der Waals surface area contributed by atoms with Crippen LogP contribution in [0.4, 0.5) is 0 Å². The van der Waals surface area contributed by atoms with E-state index in [-0.39, 0.29) is 29.8 Å². The number of hydrogen-bond donors (Lipinski definition) is 7. The lowest BCUT2D eigenvalue weighted by atomic mass is 9.86. The van der Waals surface area contributed by atoms with Crippen LogP contribution in [0.25, 0.3) is 0 Å². The van der Waals surface area contributed by atoms with Crippen molar-refractivity contribution in [1.29, 1.82) is 0 Å². The van der Waals surface area contributed by atoms with Crippen molar-refractivity contribution >= 4 is 17.9 Å². The molecule has 0 amide bonds. The molecular formula is C22H25N6O6+. The van der Waals surface area contributed by atoms with E-state index in [1.165, 1.54) is 11.0 Å². The maximum Gasteiger partial charge on any atom is 0.343 e. The number of carbonyl (C=O) groups is 1. The minimum atomic E-state index is -2.66. The highest BCUT2D eigenvalue weighted by Crippen LogP contribution is 2.42. The van der Waals surface area contributed by atoms with Gasteiger partial charge in [0.1, 0.15) is 23.1 Å². The van der Waals surface area contributed by atoms with Crippen molar-refractivity contribution in [3.63, 3.8) is 0 Å². The molecule has 3 aliphatic heterocycles. The Morgan fingerprint density at radius 3 is 2.62 bits per heavy atom. The van der Waals surface area contributed by atoms with E-state index in [1.54, 1.807) is 42.5 Å². The van der Waals surface area contributed by atoms with E-state index in [9.17, 15) is 20.1 Å². The highest BCUT2D eigenvalue weighted by atomic mass is 16.6. The molecule has 34 heavy (non-hydrogen) atoms. The van der Waals surface area contributed by atoms with Crippen molar-refractivity contribution in [2.75, 3.05) is 13.2 Å². The number of para-hydroxylation sites is 2. The van der Waals surface area contributed by atoms with Gasteiger partial charge in [-0.3, -0.25) is 15.6 Å². The van der Waals surface area contributed by atoms with Gasteiger partial charge in [-0.2, -0.15) is 0 Å². The molecule has 3 aliphatic rings. The molecule has 0 saturated carbocycles. The van der Waals surface area contributed by atoms with Crippen LogP contribution >= 0.6 is 0 Å². The molecule has 5 rings (SSSR count). The average Bonchev–Trinajstić information content (AvgIpc) is 3.29. The van der Waals surface area contributed by atoms with Crippen LogP contribution < -0.4 is 26.5 Å². The van der Waals surface area contributed by atoms with Gasteiger partial charge < -0.3 is 30.5 Å². The largest absolute Gasteiger partial charge is 0.456 e. The molecule has 3 heterocycles. The molecule has 0 aromatic heterocycles. The fourth-order valence-corrected chi connectivity index (χ4v) is 4.79. The number of nitrogens with zero attached hydrogens (tertiary/aromatic N) is 2. The summed E-state index contributed by atoms with van der Waals surface area (Å²) in [6, 6.07) is 13.7. The summed E-state index contributed by atoms with van der Waals surface area (Å²) < 4.78 is 11.4. The second kappa shape index (κ2) is 7.87. The summed E-state index contributed by atoms with van der Waals surface area (Å²) in [6.45, 7) is -0.611. The lowest BCUT2D eigenvalue weighted by molar-refractivity contribution is -0.523. The lowest BCUT2D eigenvalue weighted by Gasteiger charge is -2.45. The fraction of sp³-hybridized carbons (Fsp3) is 0.318. The number of nitrogens with two attached hydrogens (primary N) is 2. The van der Waals surface area contributed by atoms with Crippen LogP contribution in [-0.2, 0) is 4.74 Å². The van der Waals surface area contributed by atoms with E-state index >= 15 is 0 Å². The highest BCUT2D eigenvalue weighted by molar-refractivity contribution is 5.93. The molecule has 12 nitrogen and oxygen atoms in total. The maximum atomic E-state index is 13.2. The first kappa shape index (κ1) is 21.9. The molecule has 2 aromatic rings. The van der Waals surface area contributed by atoms with Crippen LogP contribution in [0.15, 0.2) is 59.6 Å². The topological polar surface area (TPSA) is 190 Å². The third kappa shape index (κ3) is 3.15. The monoisotopic (exact) mass is 469 g/mol. The zero-order valence-electron chi connectivity index (χ0n) is 18.0. The third-order valence-corrected chi connectivity index (χ3v) is 6.34. The number of benzene rings is 2. The lowest BCUT2D eigenvalue weighted by Crippen LogP contribution is -2.90. The van der Waals surface area contributed by atoms with Crippen molar-refractivity contribution in [3.8, 4) is 11.5 Å². The summed E-state index contributed by atoms with van der Waals surface area (Å²) >= 11 is 0. The summed E-state index contributed by atoms with van der Waals surface area (Å²) in [7, 11) is 0. The molecule has 1 saturated heterocycles. The van der Waals surface area contributed by atoms with Gasteiger partial charge in [0.25, 0.3) is 11.4 Å². The Balaban J connectivity index is 1.44.